The second-order valence-electron chi connectivity index (χ2n) is 11.7. The zero-order chi connectivity index (χ0) is 33.1. The third kappa shape index (κ3) is 33.8. The van der Waals surface area contributed by atoms with Gasteiger partial charge in [0.25, 0.3) is 0 Å². The fraction of sp³-hybridized carbons (Fsp3) is 0.667. The minimum absolute atomic E-state index is 0.0145. The molecule has 45 heavy (non-hydrogen) atoms. The number of carbonyl (C=O) groups excluding carboxylic acids is 2. The summed E-state index contributed by atoms with van der Waals surface area (Å²) < 4.78 is 5.90. The number of ether oxygens (including phenoxy) is 1. The Bertz CT molecular complexity index is 871. The van der Waals surface area contributed by atoms with Crippen LogP contribution in [-0.2, 0) is 19.1 Å². The Morgan fingerprint density at radius 1 is 0.600 bits per heavy atom. The molecule has 0 saturated carbocycles. The first-order valence-electron chi connectivity index (χ1n) is 17.9. The van der Waals surface area contributed by atoms with E-state index < -0.39 is 5.97 Å². The van der Waals surface area contributed by atoms with Crippen molar-refractivity contribution in [1.82, 2.24) is 5.32 Å². The third-order valence-electron chi connectivity index (χ3n) is 7.45. The zero-order valence-electron chi connectivity index (χ0n) is 28.7. The van der Waals surface area contributed by atoms with Crippen molar-refractivity contribution in [2.24, 2.45) is 0 Å². The average molecular weight is 628 g/mol. The van der Waals surface area contributed by atoms with Crippen molar-refractivity contribution in [2.75, 3.05) is 6.54 Å². The monoisotopic (exact) mass is 627 g/mol. The van der Waals surface area contributed by atoms with Crippen LogP contribution in [0.15, 0.2) is 60.8 Å². The Kier molecular flexibility index (Phi) is 31.8. The molecular formula is C39H65NO5. The van der Waals surface area contributed by atoms with Gasteiger partial charge in [0.15, 0.2) is 0 Å². The molecule has 0 radical (unpaired) electrons. The first kappa shape index (κ1) is 42.1. The highest BCUT2D eigenvalue weighted by Crippen LogP contribution is 2.18. The maximum Gasteiger partial charge on any atom is 0.322 e. The number of carboxylic acid groups (broad SMARTS) is 1. The number of amides is 1. The minimum atomic E-state index is -1.03. The summed E-state index contributed by atoms with van der Waals surface area (Å²) in [6.45, 7) is 4.04. The van der Waals surface area contributed by atoms with Gasteiger partial charge in [-0.2, -0.15) is 0 Å². The molecule has 0 aromatic carbocycles. The molecule has 0 bridgehead atoms. The molecule has 0 aliphatic rings. The van der Waals surface area contributed by atoms with Gasteiger partial charge < -0.3 is 15.2 Å². The predicted octanol–water partition coefficient (Wildman–Crippen LogP) is 10.5. The topological polar surface area (TPSA) is 92.7 Å². The van der Waals surface area contributed by atoms with Crippen LogP contribution < -0.4 is 5.32 Å². The number of rotatable bonds is 31. The molecule has 0 heterocycles. The largest absolute Gasteiger partial charge is 0.480 e. The van der Waals surface area contributed by atoms with Crippen molar-refractivity contribution in [1.29, 1.82) is 0 Å². The Morgan fingerprint density at radius 3 is 1.64 bits per heavy atom. The molecule has 1 unspecified atom stereocenters. The van der Waals surface area contributed by atoms with Crippen LogP contribution in [0, 0.1) is 0 Å². The summed E-state index contributed by atoms with van der Waals surface area (Å²) in [6.07, 6.45) is 43.5. The highest BCUT2D eigenvalue weighted by atomic mass is 16.5. The molecule has 0 saturated heterocycles. The molecule has 1 amide bonds. The standard InChI is InChI=1S/C39H65NO5/c1-3-5-7-9-10-11-12-13-14-15-16-17-18-19-20-21-22-24-30-34-39(44)45-36(31-27-23-8-6-4-2)32-28-25-26-29-33-37(41)40-35-38(42)43/h5,7,10-11,13-14,16-17,19-20,36H,3-4,6,8-9,12,15,18,21-35H2,1-2H3,(H,40,41)(H,42,43)/b7-5-,11-10-,14-13-,17-16-,20-19-. The van der Waals surface area contributed by atoms with Crippen molar-refractivity contribution in [3.05, 3.63) is 60.8 Å². The summed E-state index contributed by atoms with van der Waals surface area (Å²) in [5.41, 5.74) is 0. The SMILES string of the molecule is CC/C=C\C/C=C\C/C=C\C/C=C\C/C=C\CCCCCC(=O)OC(CCCCCCC)CCCCCCC(=O)NCC(=O)O. The number of hydrogen-bond acceptors (Lipinski definition) is 4. The van der Waals surface area contributed by atoms with Crippen molar-refractivity contribution < 1.29 is 24.2 Å². The van der Waals surface area contributed by atoms with Crippen molar-refractivity contribution in [3.63, 3.8) is 0 Å². The third-order valence-corrected chi connectivity index (χ3v) is 7.45. The molecule has 0 aromatic rings. The second-order valence-corrected chi connectivity index (χ2v) is 11.7. The van der Waals surface area contributed by atoms with Crippen LogP contribution in [0.25, 0.3) is 0 Å². The molecule has 2 N–H and O–H groups in total. The average Bonchev–Trinajstić information content (AvgIpc) is 3.02. The van der Waals surface area contributed by atoms with Crippen molar-refractivity contribution in [2.45, 2.75) is 161 Å². The van der Waals surface area contributed by atoms with Crippen LogP contribution in [0.1, 0.15) is 155 Å². The highest BCUT2D eigenvalue weighted by molar-refractivity contribution is 5.80. The van der Waals surface area contributed by atoms with E-state index in [0.717, 1.165) is 103 Å². The van der Waals surface area contributed by atoms with E-state index in [1.807, 2.05) is 0 Å². The van der Waals surface area contributed by atoms with E-state index in [2.05, 4.69) is 79.9 Å². The summed E-state index contributed by atoms with van der Waals surface area (Å²) in [5, 5.41) is 11.0. The lowest BCUT2D eigenvalue weighted by atomic mass is 10.0. The number of aliphatic carboxylic acids is 1. The number of unbranched alkanes of at least 4 members (excludes halogenated alkanes) is 10. The Balaban J connectivity index is 4.04. The van der Waals surface area contributed by atoms with Gasteiger partial charge >= 0.3 is 11.9 Å². The fourth-order valence-corrected chi connectivity index (χ4v) is 4.83. The van der Waals surface area contributed by atoms with Gasteiger partial charge in [0, 0.05) is 12.8 Å². The van der Waals surface area contributed by atoms with E-state index in [-0.39, 0.29) is 24.5 Å². The maximum atomic E-state index is 12.6. The smallest absolute Gasteiger partial charge is 0.322 e. The number of carboxylic acids is 1. The molecule has 0 rings (SSSR count). The fourth-order valence-electron chi connectivity index (χ4n) is 4.83. The van der Waals surface area contributed by atoms with E-state index in [1.165, 1.54) is 25.7 Å². The summed E-state index contributed by atoms with van der Waals surface area (Å²) in [4.78, 5) is 34.7. The summed E-state index contributed by atoms with van der Waals surface area (Å²) in [5.74, 6) is -1.31. The van der Waals surface area contributed by atoms with Gasteiger partial charge in [0.2, 0.25) is 5.91 Å². The van der Waals surface area contributed by atoms with Crippen molar-refractivity contribution in [3.8, 4) is 0 Å². The zero-order valence-corrected chi connectivity index (χ0v) is 28.7. The second kappa shape index (κ2) is 34.0. The molecule has 6 heteroatoms. The molecule has 6 nitrogen and oxygen atoms in total. The number of esters is 1. The molecule has 0 spiro atoms. The minimum Gasteiger partial charge on any atom is -0.480 e. The van der Waals surface area contributed by atoms with Gasteiger partial charge in [-0.25, -0.2) is 0 Å². The summed E-state index contributed by atoms with van der Waals surface area (Å²) >= 11 is 0. The van der Waals surface area contributed by atoms with Crippen LogP contribution in [0.2, 0.25) is 0 Å². The molecular weight excluding hydrogens is 562 g/mol. The number of carbonyl (C=O) groups is 3. The number of allylic oxidation sites excluding steroid dienone is 10. The normalized spacial score (nSPS) is 12.8. The quantitative estimate of drug-likeness (QED) is 0.0453. The van der Waals surface area contributed by atoms with E-state index in [0.29, 0.717) is 12.8 Å². The number of nitrogens with one attached hydrogen (secondary N) is 1. The van der Waals surface area contributed by atoms with Gasteiger partial charge in [-0.05, 0) is 83.5 Å². The van der Waals surface area contributed by atoms with E-state index in [4.69, 9.17) is 9.84 Å². The van der Waals surface area contributed by atoms with E-state index in [1.54, 1.807) is 0 Å². The Morgan fingerprint density at radius 2 is 1.09 bits per heavy atom. The van der Waals surface area contributed by atoms with Gasteiger partial charge in [-0.15, -0.1) is 0 Å². The molecule has 0 aliphatic heterocycles. The van der Waals surface area contributed by atoms with Crippen LogP contribution in [-0.4, -0.2) is 35.6 Å². The molecule has 0 aliphatic carbocycles. The lowest BCUT2D eigenvalue weighted by molar-refractivity contribution is -0.150. The van der Waals surface area contributed by atoms with Crippen LogP contribution in [0.3, 0.4) is 0 Å². The van der Waals surface area contributed by atoms with Crippen molar-refractivity contribution >= 4 is 17.8 Å². The lowest BCUT2D eigenvalue weighted by Crippen LogP contribution is -2.28. The molecule has 0 fully saturated rings. The molecule has 1 atom stereocenters. The lowest BCUT2D eigenvalue weighted by Gasteiger charge is -2.18. The number of hydrogen-bond donors (Lipinski definition) is 2. The van der Waals surface area contributed by atoms with E-state index in [9.17, 15) is 14.4 Å². The van der Waals surface area contributed by atoms with Gasteiger partial charge in [0.05, 0.1) is 0 Å². The first-order valence-corrected chi connectivity index (χ1v) is 17.9. The van der Waals surface area contributed by atoms with Crippen LogP contribution in [0.4, 0.5) is 0 Å². The van der Waals surface area contributed by atoms with E-state index >= 15 is 0 Å². The summed E-state index contributed by atoms with van der Waals surface area (Å²) in [7, 11) is 0. The first-order chi connectivity index (χ1) is 22.0. The highest BCUT2D eigenvalue weighted by Gasteiger charge is 2.14. The maximum absolute atomic E-state index is 12.6. The van der Waals surface area contributed by atoms with Gasteiger partial charge in [0.1, 0.15) is 12.6 Å². The van der Waals surface area contributed by atoms with Gasteiger partial charge in [-0.1, -0.05) is 120 Å². The summed E-state index contributed by atoms with van der Waals surface area (Å²) in [6, 6.07) is 0. The van der Waals surface area contributed by atoms with Crippen LogP contribution in [0.5, 0.6) is 0 Å². The Hall–Kier alpha value is -2.89. The molecule has 0 aromatic heterocycles. The van der Waals surface area contributed by atoms with Gasteiger partial charge in [-0.3, -0.25) is 14.4 Å². The molecule has 256 valence electrons. The predicted molar refractivity (Wildman–Crippen MR) is 189 cm³/mol. The van der Waals surface area contributed by atoms with Crippen LogP contribution >= 0.6 is 0 Å². The Labute approximate surface area is 275 Å².